The summed E-state index contributed by atoms with van der Waals surface area (Å²) in [7, 11) is 0. The highest BCUT2D eigenvalue weighted by Crippen LogP contribution is 2.32. The van der Waals surface area contributed by atoms with Gasteiger partial charge in [-0.1, -0.05) is 30.8 Å². The van der Waals surface area contributed by atoms with Crippen LogP contribution in [-0.4, -0.2) is 56.8 Å². The molecular formula is C31H26F6N6O4S. The fourth-order valence-electron chi connectivity index (χ4n) is 4.61. The molecule has 0 aliphatic carbocycles. The van der Waals surface area contributed by atoms with E-state index in [1.165, 1.54) is 28.0 Å². The second-order valence-electron chi connectivity index (χ2n) is 10.4. The smallest absolute Gasteiger partial charge is 0.406 e. The molecule has 2 heterocycles. The molecule has 0 spiro atoms. The number of carbonyl (C=O) groups excluding carboxylic acids is 2. The number of amidine groups is 1. The number of ether oxygens (including phenoxy) is 2. The first-order chi connectivity index (χ1) is 22.7. The van der Waals surface area contributed by atoms with Crippen LogP contribution in [0.2, 0.25) is 0 Å². The Hall–Kier alpha value is -4.90. The van der Waals surface area contributed by atoms with Crippen molar-refractivity contribution >= 4 is 40.2 Å². The van der Waals surface area contributed by atoms with Crippen LogP contribution in [0.15, 0.2) is 72.0 Å². The van der Waals surface area contributed by atoms with Crippen LogP contribution in [0.25, 0.3) is 17.1 Å². The minimum Gasteiger partial charge on any atom is -0.406 e. The molecule has 1 fully saturated rings. The lowest BCUT2D eigenvalue weighted by molar-refractivity contribution is -0.274. The number of aliphatic imine (C=N–C) groups is 1. The number of thioether (sulfide) groups is 1. The molecular weight excluding hydrogens is 666 g/mol. The zero-order valence-corrected chi connectivity index (χ0v) is 26.0. The number of carbonyl (C=O) groups is 2. The minimum absolute atomic E-state index is 0.0236. The van der Waals surface area contributed by atoms with Gasteiger partial charge in [0.05, 0.1) is 23.7 Å². The van der Waals surface area contributed by atoms with Gasteiger partial charge in [-0.05, 0) is 73.0 Å². The van der Waals surface area contributed by atoms with E-state index in [-0.39, 0.29) is 22.4 Å². The van der Waals surface area contributed by atoms with Gasteiger partial charge in [-0.15, -0.1) is 18.3 Å². The summed E-state index contributed by atoms with van der Waals surface area (Å²) in [5, 5.41) is 7.12. The van der Waals surface area contributed by atoms with Crippen LogP contribution in [0, 0.1) is 6.92 Å². The Labute approximate surface area is 273 Å². The molecule has 0 atom stereocenters. The van der Waals surface area contributed by atoms with Crippen molar-refractivity contribution in [1.82, 2.24) is 14.8 Å². The molecule has 1 aliphatic rings. The Kier molecular flexibility index (Phi) is 10.1. The second-order valence-corrected chi connectivity index (χ2v) is 11.3. The molecule has 252 valence electrons. The normalized spacial score (nSPS) is 14.5. The van der Waals surface area contributed by atoms with Gasteiger partial charge in [-0.3, -0.25) is 9.69 Å². The van der Waals surface area contributed by atoms with Crippen molar-refractivity contribution in [3.05, 3.63) is 83.7 Å². The molecule has 0 radical (unpaired) electrons. The first kappa shape index (κ1) is 34.4. The molecule has 17 heteroatoms. The molecule has 0 saturated carbocycles. The van der Waals surface area contributed by atoms with Crippen molar-refractivity contribution in [3.8, 4) is 22.8 Å². The van der Waals surface area contributed by atoms with E-state index in [1.54, 1.807) is 43.3 Å². The van der Waals surface area contributed by atoms with Crippen molar-refractivity contribution in [2.45, 2.75) is 39.4 Å². The number of anilines is 2. The second kappa shape index (κ2) is 14.1. The minimum atomic E-state index is -4.81. The van der Waals surface area contributed by atoms with Crippen LogP contribution in [0.3, 0.4) is 0 Å². The predicted octanol–water partition coefficient (Wildman–Crippen LogP) is 7.45. The molecule has 1 N–H and O–H groups in total. The fraction of sp³-hybridized carbons (Fsp3) is 0.258. The van der Waals surface area contributed by atoms with Crippen molar-refractivity contribution in [1.29, 1.82) is 0 Å². The third-order valence-corrected chi connectivity index (χ3v) is 7.76. The Morgan fingerprint density at radius 1 is 1.04 bits per heavy atom. The van der Waals surface area contributed by atoms with E-state index in [9.17, 15) is 35.9 Å². The molecule has 0 unspecified atom stereocenters. The summed E-state index contributed by atoms with van der Waals surface area (Å²) < 4.78 is 85.5. The van der Waals surface area contributed by atoms with E-state index in [2.05, 4.69) is 25.1 Å². The van der Waals surface area contributed by atoms with Crippen LogP contribution >= 0.6 is 11.8 Å². The van der Waals surface area contributed by atoms with Gasteiger partial charge >= 0.3 is 18.6 Å². The summed E-state index contributed by atoms with van der Waals surface area (Å²) in [5.41, 5.74) is 3.50. The summed E-state index contributed by atoms with van der Waals surface area (Å²) in [6, 6.07) is 14.3. The van der Waals surface area contributed by atoms with Gasteiger partial charge in [0, 0.05) is 16.8 Å². The van der Waals surface area contributed by atoms with Gasteiger partial charge in [0.1, 0.15) is 18.7 Å². The van der Waals surface area contributed by atoms with Crippen LogP contribution in [0.4, 0.5) is 42.5 Å². The zero-order valence-electron chi connectivity index (χ0n) is 25.2. The molecule has 5 rings (SSSR count). The largest absolute Gasteiger partial charge is 0.573 e. The van der Waals surface area contributed by atoms with E-state index >= 15 is 0 Å². The molecule has 10 nitrogen and oxygen atoms in total. The summed E-state index contributed by atoms with van der Waals surface area (Å²) in [4.78, 5) is 35.5. The lowest BCUT2D eigenvalue weighted by Gasteiger charge is -2.21. The fourth-order valence-corrected chi connectivity index (χ4v) is 5.47. The summed E-state index contributed by atoms with van der Waals surface area (Å²) in [5.74, 6) is -0.479. The highest BCUT2D eigenvalue weighted by molar-refractivity contribution is 8.15. The van der Waals surface area contributed by atoms with Crippen LogP contribution in [0.5, 0.6) is 5.75 Å². The molecule has 3 aromatic carbocycles. The van der Waals surface area contributed by atoms with Crippen molar-refractivity contribution in [3.63, 3.8) is 0 Å². The molecule has 4 aromatic rings. The predicted molar refractivity (Wildman–Crippen MR) is 166 cm³/mol. The molecule has 1 aliphatic heterocycles. The van der Waals surface area contributed by atoms with Crippen molar-refractivity contribution < 1.29 is 45.4 Å². The Morgan fingerprint density at radius 3 is 2.46 bits per heavy atom. The third kappa shape index (κ3) is 8.71. The summed E-state index contributed by atoms with van der Waals surface area (Å²) in [6.45, 7) is 1.75. The number of benzene rings is 3. The number of rotatable bonds is 9. The van der Waals surface area contributed by atoms with Crippen LogP contribution in [0.1, 0.15) is 23.6 Å². The van der Waals surface area contributed by atoms with E-state index < -0.39 is 37.7 Å². The topological polar surface area (TPSA) is 111 Å². The average molecular weight is 693 g/mol. The number of nitrogens with one attached hydrogen (secondary N) is 1. The number of aryl methyl sites for hydroxylation is 2. The average Bonchev–Trinajstić information content (AvgIpc) is 3.64. The van der Waals surface area contributed by atoms with Gasteiger partial charge < -0.3 is 14.8 Å². The lowest BCUT2D eigenvalue weighted by Crippen LogP contribution is -2.31. The van der Waals surface area contributed by atoms with E-state index in [4.69, 9.17) is 4.74 Å². The standard InChI is InChI=1S/C31H26F6N6O4S/c1-3-19-4-5-21(14-46-16-30(32,33)34)25(13-19)43-26(44)15-48-29(43)40-28(45)39-24-11-6-20(12-18(24)2)27-38-17-42(41-27)22-7-9-23(10-8-22)47-31(35,36)37/h4-13,17H,3,14-16H2,1-2H3,(H,39,45). The van der Waals surface area contributed by atoms with Gasteiger partial charge in [0.25, 0.3) is 0 Å². The first-order valence-electron chi connectivity index (χ1n) is 14.2. The lowest BCUT2D eigenvalue weighted by atomic mass is 10.1. The van der Waals surface area contributed by atoms with Gasteiger partial charge in [0.2, 0.25) is 5.91 Å². The number of hydrogen-bond donors (Lipinski definition) is 1. The number of nitrogens with zero attached hydrogens (tertiary/aromatic N) is 5. The highest BCUT2D eigenvalue weighted by Gasteiger charge is 2.33. The van der Waals surface area contributed by atoms with Crippen LogP contribution < -0.4 is 15.0 Å². The third-order valence-electron chi connectivity index (χ3n) is 6.84. The maximum atomic E-state index is 13.0. The molecule has 48 heavy (non-hydrogen) atoms. The van der Waals surface area contributed by atoms with E-state index in [0.717, 1.165) is 29.5 Å². The zero-order chi connectivity index (χ0) is 34.6. The Morgan fingerprint density at radius 2 is 1.79 bits per heavy atom. The SMILES string of the molecule is CCc1ccc(COCC(F)(F)F)c(N2C(=O)CSC2=NC(=O)Nc2ccc(-c3ncn(-c4ccc(OC(F)(F)F)cc4)n3)cc2C)c1. The number of amides is 3. The number of alkyl halides is 6. The molecule has 3 amide bonds. The van der Waals surface area contributed by atoms with E-state index in [0.29, 0.717) is 40.3 Å². The molecule has 0 bridgehead atoms. The maximum absolute atomic E-state index is 13.0. The number of halogens is 6. The van der Waals surface area contributed by atoms with Crippen LogP contribution in [-0.2, 0) is 22.6 Å². The Balaban J connectivity index is 1.30. The highest BCUT2D eigenvalue weighted by atomic mass is 32.2. The van der Waals surface area contributed by atoms with Crippen molar-refractivity contribution in [2.75, 3.05) is 22.6 Å². The van der Waals surface area contributed by atoms with Gasteiger partial charge in [-0.25, -0.2) is 14.5 Å². The van der Waals surface area contributed by atoms with Gasteiger partial charge in [0.15, 0.2) is 11.0 Å². The van der Waals surface area contributed by atoms with Gasteiger partial charge in [-0.2, -0.15) is 18.2 Å². The molecule has 1 aromatic heterocycles. The molecule has 1 saturated heterocycles. The number of urea groups is 1. The van der Waals surface area contributed by atoms with E-state index in [1.807, 2.05) is 6.92 Å². The Bertz CT molecular complexity index is 1840. The number of hydrogen-bond acceptors (Lipinski definition) is 7. The summed E-state index contributed by atoms with van der Waals surface area (Å²) in [6.07, 6.45) is -7.33. The summed E-state index contributed by atoms with van der Waals surface area (Å²) >= 11 is 1.02. The first-order valence-corrected chi connectivity index (χ1v) is 15.2. The quantitative estimate of drug-likeness (QED) is 0.182. The maximum Gasteiger partial charge on any atom is 0.573 e. The number of aromatic nitrogens is 3. The monoisotopic (exact) mass is 692 g/mol. The van der Waals surface area contributed by atoms with Crippen molar-refractivity contribution in [2.24, 2.45) is 4.99 Å².